The van der Waals surface area contributed by atoms with E-state index in [-0.39, 0.29) is 48.6 Å². The molecule has 1 heterocycles. The minimum Gasteiger partial charge on any atom is -0.386 e. The van der Waals surface area contributed by atoms with Gasteiger partial charge >= 0.3 is 0 Å². The van der Waals surface area contributed by atoms with Crippen LogP contribution < -0.4 is 10.6 Å². The Bertz CT molecular complexity index is 1200. The van der Waals surface area contributed by atoms with Gasteiger partial charge in [0.1, 0.15) is 0 Å². The van der Waals surface area contributed by atoms with E-state index in [1.165, 1.54) is 0 Å². The first-order valence-electron chi connectivity index (χ1n) is 17.1. The van der Waals surface area contributed by atoms with Crippen molar-refractivity contribution in [3.63, 3.8) is 0 Å². The fourth-order valence-corrected chi connectivity index (χ4v) is 6.40. The van der Waals surface area contributed by atoms with Gasteiger partial charge in [-0.1, -0.05) is 57.5 Å². The van der Waals surface area contributed by atoms with Gasteiger partial charge < -0.3 is 35.0 Å². The maximum Gasteiger partial charge on any atom is 0.242 e. The first kappa shape index (κ1) is 41.1. The molecule has 0 bridgehead atoms. The van der Waals surface area contributed by atoms with Crippen LogP contribution in [0.3, 0.4) is 0 Å². The molecule has 1 saturated heterocycles. The predicted molar refractivity (Wildman–Crippen MR) is 186 cm³/mol. The number of aliphatic hydroxyl groups is 1. The zero-order valence-electron chi connectivity index (χ0n) is 31.0. The summed E-state index contributed by atoms with van der Waals surface area (Å²) in [5.74, 6) is -1.53. The lowest BCUT2D eigenvalue weighted by atomic mass is 9.90. The van der Waals surface area contributed by atoms with E-state index in [9.17, 15) is 24.3 Å². The lowest BCUT2D eigenvalue weighted by molar-refractivity contribution is -0.146. The first-order chi connectivity index (χ1) is 22.5. The highest BCUT2D eigenvalue weighted by Gasteiger charge is 2.42. The SMILES string of the molecule is CCC(C)C(C(CC(=O)N1CCCC1C(OC)C(C)C(=O)NC(C)C(O)c1ccccc1)OC)N(C)C(=O)CNC(=O)C(C)(C)N(C)C. The number of amides is 4. The minimum absolute atomic E-state index is 0.00339. The molecule has 0 saturated carbocycles. The van der Waals surface area contributed by atoms with Crippen molar-refractivity contribution in [1.82, 2.24) is 25.3 Å². The Morgan fingerprint density at radius 1 is 1.04 bits per heavy atom. The van der Waals surface area contributed by atoms with Crippen molar-refractivity contribution >= 4 is 23.6 Å². The molecule has 1 aromatic rings. The molecule has 4 amide bonds. The fraction of sp³-hybridized carbons (Fsp3) is 0.722. The molecule has 12 heteroatoms. The summed E-state index contributed by atoms with van der Waals surface area (Å²) in [5, 5.41) is 16.5. The zero-order chi connectivity index (χ0) is 36.3. The van der Waals surface area contributed by atoms with Crippen LogP contribution in [0.1, 0.15) is 78.9 Å². The summed E-state index contributed by atoms with van der Waals surface area (Å²) in [6.45, 7) is 11.5. The molecule has 1 fully saturated rings. The molecule has 48 heavy (non-hydrogen) atoms. The van der Waals surface area contributed by atoms with E-state index in [4.69, 9.17) is 9.47 Å². The number of hydrogen-bond donors (Lipinski definition) is 3. The van der Waals surface area contributed by atoms with Crippen molar-refractivity contribution in [3.05, 3.63) is 35.9 Å². The number of hydrogen-bond acceptors (Lipinski definition) is 8. The van der Waals surface area contributed by atoms with Crippen molar-refractivity contribution in [2.45, 2.75) is 109 Å². The number of carbonyl (C=O) groups is 4. The summed E-state index contributed by atoms with van der Waals surface area (Å²) in [4.78, 5) is 58.6. The Kier molecular flexibility index (Phi) is 16.0. The van der Waals surface area contributed by atoms with Gasteiger partial charge in [-0.25, -0.2) is 0 Å². The van der Waals surface area contributed by atoms with Gasteiger partial charge in [0.2, 0.25) is 23.6 Å². The van der Waals surface area contributed by atoms with E-state index < -0.39 is 41.9 Å². The second-order valence-electron chi connectivity index (χ2n) is 13.9. The summed E-state index contributed by atoms with van der Waals surface area (Å²) in [7, 11) is 8.40. The Labute approximate surface area is 287 Å². The Hall–Kier alpha value is -3.06. The topological polar surface area (TPSA) is 141 Å². The van der Waals surface area contributed by atoms with Crippen molar-refractivity contribution in [2.75, 3.05) is 48.5 Å². The highest BCUT2D eigenvalue weighted by Crippen LogP contribution is 2.29. The predicted octanol–water partition coefficient (Wildman–Crippen LogP) is 2.60. The van der Waals surface area contributed by atoms with Crippen LogP contribution in [0.25, 0.3) is 0 Å². The molecular weight excluding hydrogens is 614 g/mol. The molecule has 1 aromatic carbocycles. The van der Waals surface area contributed by atoms with Gasteiger partial charge in [0, 0.05) is 27.8 Å². The largest absolute Gasteiger partial charge is 0.386 e. The summed E-state index contributed by atoms with van der Waals surface area (Å²) >= 11 is 0. The van der Waals surface area contributed by atoms with E-state index in [1.807, 2.05) is 44.2 Å². The van der Waals surface area contributed by atoms with Crippen LogP contribution in [0, 0.1) is 11.8 Å². The number of likely N-dealkylation sites (tertiary alicyclic amines) is 1. The number of nitrogens with one attached hydrogen (secondary N) is 2. The second-order valence-corrected chi connectivity index (χ2v) is 13.9. The van der Waals surface area contributed by atoms with Gasteiger partial charge in [-0.05, 0) is 59.2 Å². The van der Waals surface area contributed by atoms with Crippen molar-refractivity contribution in [3.8, 4) is 0 Å². The number of methoxy groups -OCH3 is 2. The molecule has 1 aliphatic rings. The number of carbonyl (C=O) groups excluding carboxylic acids is 4. The van der Waals surface area contributed by atoms with Crippen LogP contribution in [0.4, 0.5) is 0 Å². The molecule has 0 aromatic heterocycles. The molecule has 8 unspecified atom stereocenters. The maximum absolute atomic E-state index is 14.0. The molecule has 0 spiro atoms. The summed E-state index contributed by atoms with van der Waals surface area (Å²) in [5.41, 5.74) is -0.0784. The van der Waals surface area contributed by atoms with Crippen molar-refractivity contribution < 1.29 is 33.8 Å². The number of rotatable bonds is 18. The van der Waals surface area contributed by atoms with Gasteiger partial charge in [-0.15, -0.1) is 0 Å². The smallest absolute Gasteiger partial charge is 0.242 e. The molecule has 0 aliphatic carbocycles. The quantitative estimate of drug-likeness (QED) is 0.216. The Morgan fingerprint density at radius 2 is 1.67 bits per heavy atom. The highest BCUT2D eigenvalue weighted by molar-refractivity contribution is 5.89. The summed E-state index contributed by atoms with van der Waals surface area (Å²) < 4.78 is 11.8. The average Bonchev–Trinajstić information content (AvgIpc) is 3.56. The lowest BCUT2D eigenvalue weighted by Crippen LogP contribution is -2.56. The third kappa shape index (κ3) is 10.2. The number of nitrogens with zero attached hydrogens (tertiary/aromatic N) is 3. The number of ether oxygens (including phenoxy) is 2. The molecule has 12 nitrogen and oxygen atoms in total. The lowest BCUT2D eigenvalue weighted by Gasteiger charge is -2.39. The Morgan fingerprint density at radius 3 is 2.21 bits per heavy atom. The van der Waals surface area contributed by atoms with Crippen molar-refractivity contribution in [1.29, 1.82) is 0 Å². The highest BCUT2D eigenvalue weighted by atomic mass is 16.5. The number of benzene rings is 1. The monoisotopic (exact) mass is 675 g/mol. The van der Waals surface area contributed by atoms with Crippen LogP contribution in [0.15, 0.2) is 30.3 Å². The number of likely N-dealkylation sites (N-methyl/N-ethyl adjacent to an activating group) is 2. The van der Waals surface area contributed by atoms with Crippen LogP contribution in [0.2, 0.25) is 0 Å². The van der Waals surface area contributed by atoms with Crippen molar-refractivity contribution in [2.24, 2.45) is 11.8 Å². The molecule has 1 aliphatic heterocycles. The van der Waals surface area contributed by atoms with E-state index >= 15 is 0 Å². The molecule has 3 N–H and O–H groups in total. The molecule has 8 atom stereocenters. The average molecular weight is 676 g/mol. The van der Waals surface area contributed by atoms with E-state index in [1.54, 1.807) is 77.8 Å². The zero-order valence-corrected chi connectivity index (χ0v) is 31.0. The molecule has 0 radical (unpaired) electrons. The van der Waals surface area contributed by atoms with Gasteiger partial charge in [0.15, 0.2) is 0 Å². The first-order valence-corrected chi connectivity index (χ1v) is 17.1. The second kappa shape index (κ2) is 18.6. The molecule has 272 valence electrons. The molecular formula is C36H61N5O7. The van der Waals surface area contributed by atoms with Gasteiger partial charge in [0.05, 0.1) is 60.9 Å². The number of aliphatic hydroxyl groups excluding tert-OH is 1. The van der Waals surface area contributed by atoms with Crippen LogP contribution in [-0.4, -0.2) is 128 Å². The van der Waals surface area contributed by atoms with Crippen LogP contribution in [0.5, 0.6) is 0 Å². The Balaban J connectivity index is 2.15. The van der Waals surface area contributed by atoms with Gasteiger partial charge in [0.25, 0.3) is 0 Å². The van der Waals surface area contributed by atoms with Gasteiger partial charge in [-0.3, -0.25) is 24.1 Å². The third-order valence-electron chi connectivity index (χ3n) is 10.4. The van der Waals surface area contributed by atoms with E-state index in [2.05, 4.69) is 10.6 Å². The van der Waals surface area contributed by atoms with Crippen LogP contribution >= 0.6 is 0 Å². The van der Waals surface area contributed by atoms with Crippen LogP contribution in [-0.2, 0) is 28.7 Å². The van der Waals surface area contributed by atoms with E-state index in [0.717, 1.165) is 12.8 Å². The molecule has 2 rings (SSSR count). The fourth-order valence-electron chi connectivity index (χ4n) is 6.40. The summed E-state index contributed by atoms with van der Waals surface area (Å²) in [6.07, 6.45) is 0.194. The third-order valence-corrected chi connectivity index (χ3v) is 10.4. The van der Waals surface area contributed by atoms with Gasteiger partial charge in [-0.2, -0.15) is 0 Å². The normalized spacial score (nSPS) is 19.5. The van der Waals surface area contributed by atoms with E-state index in [0.29, 0.717) is 18.5 Å². The standard InChI is InChI=1S/C36H61N5O7/c1-12-23(2)31(40(9)30(43)22-37-35(46)36(5,6)39(7)8)28(47-10)21-29(42)41-20-16-19-27(41)33(48-11)24(3)34(45)38-25(4)32(44)26-17-14-13-15-18-26/h13-15,17-18,23-25,27-28,31-33,44H,12,16,19-22H2,1-11H3,(H,37,46)(H,38,45). The maximum atomic E-state index is 14.0. The minimum atomic E-state index is -0.872. The summed E-state index contributed by atoms with van der Waals surface area (Å²) in [6, 6.07) is 7.89.